The van der Waals surface area contributed by atoms with Gasteiger partial charge in [0.05, 0.1) is 6.54 Å². The first-order valence-electron chi connectivity index (χ1n) is 6.23. The van der Waals surface area contributed by atoms with Crippen LogP contribution in [0.4, 0.5) is 4.39 Å². The van der Waals surface area contributed by atoms with E-state index in [1.807, 2.05) is 20.8 Å². The van der Waals surface area contributed by atoms with E-state index in [1.165, 1.54) is 18.2 Å². The predicted molar refractivity (Wildman–Crippen MR) is 72.8 cm³/mol. The molecular weight excluding hydrogens is 263 g/mol. The lowest BCUT2D eigenvalue weighted by Crippen LogP contribution is -2.46. The van der Waals surface area contributed by atoms with E-state index < -0.39 is 11.7 Å². The van der Waals surface area contributed by atoms with Gasteiger partial charge in [0.2, 0.25) is 5.91 Å². The van der Waals surface area contributed by atoms with Crippen molar-refractivity contribution in [2.24, 2.45) is 0 Å². The average molecular weight is 282 g/mol. The Morgan fingerprint density at radius 3 is 2.45 bits per heavy atom. The molecule has 1 rings (SSSR count). The lowest BCUT2D eigenvalue weighted by Gasteiger charge is -2.20. The highest BCUT2D eigenvalue weighted by Gasteiger charge is 2.14. The number of carbonyl (C=O) groups excluding carboxylic acids is 2. The highest BCUT2D eigenvalue weighted by Crippen LogP contribution is 2.14. The molecule has 6 heteroatoms. The molecule has 0 radical (unpaired) electrons. The fourth-order valence-electron chi connectivity index (χ4n) is 1.40. The fraction of sp³-hybridized carbons (Fsp3) is 0.429. The zero-order valence-corrected chi connectivity index (χ0v) is 11.8. The predicted octanol–water partition coefficient (Wildman–Crippen LogP) is 1.24. The maximum Gasteiger partial charge on any atom is 0.258 e. The van der Waals surface area contributed by atoms with Gasteiger partial charge in [0.1, 0.15) is 0 Å². The minimum absolute atomic E-state index is 0.00166. The van der Waals surface area contributed by atoms with Crippen LogP contribution < -0.4 is 15.4 Å². The van der Waals surface area contributed by atoms with Gasteiger partial charge in [0.25, 0.3) is 5.91 Å². The van der Waals surface area contributed by atoms with E-state index in [1.54, 1.807) is 6.07 Å². The second kappa shape index (κ2) is 6.88. The first-order valence-corrected chi connectivity index (χ1v) is 6.23. The molecule has 0 atom stereocenters. The van der Waals surface area contributed by atoms with Crippen LogP contribution in [-0.4, -0.2) is 30.5 Å². The van der Waals surface area contributed by atoms with Crippen molar-refractivity contribution >= 4 is 11.8 Å². The second-order valence-electron chi connectivity index (χ2n) is 5.29. The molecule has 0 aliphatic carbocycles. The van der Waals surface area contributed by atoms with Gasteiger partial charge in [-0.25, -0.2) is 4.39 Å². The quantitative estimate of drug-likeness (QED) is 0.853. The number of rotatable bonds is 5. The summed E-state index contributed by atoms with van der Waals surface area (Å²) < 4.78 is 18.2. The molecule has 0 saturated carbocycles. The third-order valence-electron chi connectivity index (χ3n) is 2.16. The summed E-state index contributed by atoms with van der Waals surface area (Å²) in [5, 5.41) is 5.10. The third kappa shape index (κ3) is 6.17. The molecule has 1 aromatic rings. The average Bonchev–Trinajstić information content (AvgIpc) is 2.33. The maximum atomic E-state index is 13.2. The summed E-state index contributed by atoms with van der Waals surface area (Å²) in [5.41, 5.74) is -0.356. The van der Waals surface area contributed by atoms with E-state index in [0.717, 1.165) is 0 Å². The van der Waals surface area contributed by atoms with E-state index in [9.17, 15) is 14.0 Å². The van der Waals surface area contributed by atoms with Gasteiger partial charge in [-0.1, -0.05) is 12.1 Å². The van der Waals surface area contributed by atoms with Crippen LogP contribution in [0.5, 0.6) is 5.75 Å². The van der Waals surface area contributed by atoms with Crippen LogP contribution in [0, 0.1) is 5.82 Å². The molecule has 1 aromatic carbocycles. The molecular formula is C14H19FN2O3. The molecule has 0 fully saturated rings. The van der Waals surface area contributed by atoms with Gasteiger partial charge in [-0.15, -0.1) is 0 Å². The van der Waals surface area contributed by atoms with Crippen molar-refractivity contribution in [1.29, 1.82) is 0 Å². The number of benzene rings is 1. The summed E-state index contributed by atoms with van der Waals surface area (Å²) in [6.45, 7) is 5.04. The summed E-state index contributed by atoms with van der Waals surface area (Å²) in [5.74, 6) is -1.32. The molecule has 2 amide bonds. The second-order valence-corrected chi connectivity index (χ2v) is 5.29. The Balaban J connectivity index is 2.31. The summed E-state index contributed by atoms with van der Waals surface area (Å²) in [7, 11) is 0. The van der Waals surface area contributed by atoms with Crippen LogP contribution in [0.25, 0.3) is 0 Å². The number of ether oxygens (including phenoxy) is 1. The molecule has 20 heavy (non-hydrogen) atoms. The Bertz CT molecular complexity index is 484. The minimum atomic E-state index is -0.536. The zero-order valence-electron chi connectivity index (χ0n) is 11.8. The van der Waals surface area contributed by atoms with E-state index in [0.29, 0.717) is 0 Å². The number of amides is 2. The molecule has 0 aliphatic heterocycles. The first kappa shape index (κ1) is 15.9. The van der Waals surface area contributed by atoms with Crippen LogP contribution >= 0.6 is 0 Å². The molecule has 0 aromatic heterocycles. The highest BCUT2D eigenvalue weighted by atomic mass is 19.1. The van der Waals surface area contributed by atoms with Crippen LogP contribution in [0.15, 0.2) is 24.3 Å². The number of carbonyl (C=O) groups is 2. The van der Waals surface area contributed by atoms with Crippen molar-refractivity contribution in [3.63, 3.8) is 0 Å². The van der Waals surface area contributed by atoms with Crippen LogP contribution in [0.3, 0.4) is 0 Å². The zero-order chi connectivity index (χ0) is 15.2. The van der Waals surface area contributed by atoms with Gasteiger partial charge in [-0.2, -0.15) is 0 Å². The maximum absolute atomic E-state index is 13.2. The Kier molecular flexibility index (Phi) is 5.49. The van der Waals surface area contributed by atoms with Crippen LogP contribution in [-0.2, 0) is 9.59 Å². The molecule has 110 valence electrons. The molecule has 0 bridgehead atoms. The number of halogens is 1. The van der Waals surface area contributed by atoms with Crippen molar-refractivity contribution < 1.29 is 18.7 Å². The molecule has 0 spiro atoms. The lowest BCUT2D eigenvalue weighted by atomic mass is 10.1. The monoisotopic (exact) mass is 282 g/mol. The highest BCUT2D eigenvalue weighted by molar-refractivity contribution is 5.85. The normalized spacial score (nSPS) is 10.8. The number of hydrogen-bond donors (Lipinski definition) is 2. The number of hydrogen-bond acceptors (Lipinski definition) is 3. The van der Waals surface area contributed by atoms with E-state index in [4.69, 9.17) is 4.74 Å². The van der Waals surface area contributed by atoms with Gasteiger partial charge in [-0.05, 0) is 32.9 Å². The first-order chi connectivity index (χ1) is 9.28. The van der Waals surface area contributed by atoms with E-state index >= 15 is 0 Å². The molecule has 0 saturated heterocycles. The van der Waals surface area contributed by atoms with Crippen molar-refractivity contribution in [3.8, 4) is 5.75 Å². The summed E-state index contributed by atoms with van der Waals surface area (Å²) in [4.78, 5) is 22.9. The molecule has 0 aliphatic rings. The van der Waals surface area contributed by atoms with Gasteiger partial charge in [-0.3, -0.25) is 9.59 Å². The third-order valence-corrected chi connectivity index (χ3v) is 2.16. The minimum Gasteiger partial charge on any atom is -0.481 e. The van der Waals surface area contributed by atoms with Gasteiger partial charge >= 0.3 is 0 Å². The van der Waals surface area contributed by atoms with E-state index in [-0.39, 0.29) is 30.3 Å². The molecule has 5 nitrogen and oxygen atoms in total. The Labute approximate surface area is 117 Å². The van der Waals surface area contributed by atoms with Crippen LogP contribution in [0.1, 0.15) is 20.8 Å². The summed E-state index contributed by atoms with van der Waals surface area (Å²) in [6, 6.07) is 5.80. The van der Waals surface area contributed by atoms with Crippen molar-refractivity contribution in [3.05, 3.63) is 30.1 Å². The summed E-state index contributed by atoms with van der Waals surface area (Å²) >= 11 is 0. The van der Waals surface area contributed by atoms with Gasteiger partial charge in [0, 0.05) is 5.54 Å². The topological polar surface area (TPSA) is 67.4 Å². The Morgan fingerprint density at radius 1 is 1.20 bits per heavy atom. The Hall–Kier alpha value is -2.11. The number of nitrogens with one attached hydrogen (secondary N) is 2. The lowest BCUT2D eigenvalue weighted by molar-refractivity contribution is -0.127. The Morgan fingerprint density at radius 2 is 1.85 bits per heavy atom. The van der Waals surface area contributed by atoms with Crippen LogP contribution in [0.2, 0.25) is 0 Å². The van der Waals surface area contributed by atoms with Gasteiger partial charge < -0.3 is 15.4 Å². The van der Waals surface area contributed by atoms with Crippen molar-refractivity contribution in [2.75, 3.05) is 13.2 Å². The van der Waals surface area contributed by atoms with Crippen molar-refractivity contribution in [1.82, 2.24) is 10.6 Å². The van der Waals surface area contributed by atoms with Crippen molar-refractivity contribution in [2.45, 2.75) is 26.3 Å². The molecule has 2 N–H and O–H groups in total. The smallest absolute Gasteiger partial charge is 0.258 e. The molecule has 0 heterocycles. The van der Waals surface area contributed by atoms with E-state index in [2.05, 4.69) is 10.6 Å². The largest absolute Gasteiger partial charge is 0.481 e. The fourth-order valence-corrected chi connectivity index (χ4v) is 1.40. The standard InChI is InChI=1S/C14H19FN2O3/c1-14(2,3)17-12(18)8-16-13(19)9-20-11-7-5-4-6-10(11)15/h4-7H,8-9H2,1-3H3,(H,16,19)(H,17,18). The number of para-hydroxylation sites is 1. The molecule has 0 unspecified atom stereocenters. The van der Waals surface area contributed by atoms with Gasteiger partial charge in [0.15, 0.2) is 18.2 Å². The SMILES string of the molecule is CC(C)(C)NC(=O)CNC(=O)COc1ccccc1F. The summed E-state index contributed by atoms with van der Waals surface area (Å²) in [6.07, 6.45) is 0.